The van der Waals surface area contributed by atoms with Crippen molar-refractivity contribution in [2.45, 2.75) is 11.8 Å². The van der Waals surface area contributed by atoms with Crippen LogP contribution in [-0.4, -0.2) is 36.8 Å². The van der Waals surface area contributed by atoms with E-state index in [-0.39, 0.29) is 17.4 Å². The number of carbonyl (C=O) groups is 2. The molecular formula is C25H25N3O4S2. The van der Waals surface area contributed by atoms with Crippen LogP contribution in [0.15, 0.2) is 71.6 Å². The van der Waals surface area contributed by atoms with Crippen LogP contribution >= 0.6 is 24.0 Å². The maximum Gasteiger partial charge on any atom is 0.234 e. The van der Waals surface area contributed by atoms with Gasteiger partial charge in [0.2, 0.25) is 5.91 Å². The number of benzene rings is 3. The number of ether oxygens (including phenoxy) is 2. The zero-order chi connectivity index (χ0) is 24.5. The molecule has 0 heterocycles. The molecule has 34 heavy (non-hydrogen) atoms. The molecule has 3 rings (SSSR count). The average molecular weight is 496 g/mol. The summed E-state index contributed by atoms with van der Waals surface area (Å²) in [5.41, 5.74) is 2.79. The minimum atomic E-state index is -0.155. The van der Waals surface area contributed by atoms with Gasteiger partial charge >= 0.3 is 0 Å². The molecule has 0 fully saturated rings. The van der Waals surface area contributed by atoms with Gasteiger partial charge in [-0.2, -0.15) is 0 Å². The Hall–Kier alpha value is -3.56. The van der Waals surface area contributed by atoms with Gasteiger partial charge in [-0.05, 0) is 73.7 Å². The molecule has 3 aromatic carbocycles. The maximum atomic E-state index is 12.5. The Kier molecular flexibility index (Phi) is 8.89. The van der Waals surface area contributed by atoms with Gasteiger partial charge in [0, 0.05) is 27.9 Å². The van der Waals surface area contributed by atoms with Gasteiger partial charge in [0.25, 0.3) is 0 Å². The number of nitrogens with one attached hydrogen (secondary N) is 3. The summed E-state index contributed by atoms with van der Waals surface area (Å²) in [7, 11) is 3.11. The molecule has 0 aromatic heterocycles. The van der Waals surface area contributed by atoms with Crippen LogP contribution in [0.25, 0.3) is 0 Å². The molecule has 0 radical (unpaired) electrons. The van der Waals surface area contributed by atoms with Crippen molar-refractivity contribution < 1.29 is 19.1 Å². The van der Waals surface area contributed by atoms with E-state index >= 15 is 0 Å². The van der Waals surface area contributed by atoms with Gasteiger partial charge in [0.1, 0.15) is 11.5 Å². The topological polar surface area (TPSA) is 88.7 Å². The third-order valence-electron chi connectivity index (χ3n) is 4.69. The van der Waals surface area contributed by atoms with Gasteiger partial charge in [0.05, 0.1) is 25.7 Å². The lowest BCUT2D eigenvalue weighted by atomic mass is 10.1. The highest BCUT2D eigenvalue weighted by Crippen LogP contribution is 2.29. The molecule has 0 atom stereocenters. The van der Waals surface area contributed by atoms with Crippen molar-refractivity contribution in [2.75, 3.05) is 35.9 Å². The molecule has 7 nitrogen and oxygen atoms in total. The van der Waals surface area contributed by atoms with Crippen molar-refractivity contribution in [3.63, 3.8) is 0 Å². The minimum Gasteiger partial charge on any atom is -0.497 e. The number of carbonyl (C=O) groups excluding carboxylic acids is 2. The van der Waals surface area contributed by atoms with Crippen molar-refractivity contribution in [2.24, 2.45) is 0 Å². The van der Waals surface area contributed by atoms with Crippen LogP contribution in [0.1, 0.15) is 17.3 Å². The zero-order valence-corrected chi connectivity index (χ0v) is 20.6. The van der Waals surface area contributed by atoms with E-state index in [9.17, 15) is 9.59 Å². The monoisotopic (exact) mass is 495 g/mol. The SMILES string of the molecule is COc1ccc(NC(=O)CSc2cccc(NC(=S)Nc3ccc(C(C)=O)cc3)c2)c(OC)c1. The summed E-state index contributed by atoms with van der Waals surface area (Å²) in [6.45, 7) is 1.53. The van der Waals surface area contributed by atoms with E-state index in [4.69, 9.17) is 21.7 Å². The lowest BCUT2D eigenvalue weighted by Gasteiger charge is -2.13. The molecule has 0 aliphatic rings. The molecule has 0 spiro atoms. The maximum absolute atomic E-state index is 12.5. The number of rotatable bonds is 9. The first-order valence-electron chi connectivity index (χ1n) is 10.3. The van der Waals surface area contributed by atoms with E-state index in [2.05, 4.69) is 16.0 Å². The van der Waals surface area contributed by atoms with Gasteiger partial charge in [-0.15, -0.1) is 11.8 Å². The van der Waals surface area contributed by atoms with Gasteiger partial charge < -0.3 is 25.4 Å². The molecule has 0 aliphatic heterocycles. The molecule has 176 valence electrons. The molecule has 0 saturated heterocycles. The number of hydrogen-bond acceptors (Lipinski definition) is 6. The highest BCUT2D eigenvalue weighted by molar-refractivity contribution is 8.00. The number of thiocarbonyl (C=S) groups is 1. The summed E-state index contributed by atoms with van der Waals surface area (Å²) in [6, 6.07) is 19.9. The second kappa shape index (κ2) is 12.1. The lowest BCUT2D eigenvalue weighted by Crippen LogP contribution is -2.19. The fourth-order valence-electron chi connectivity index (χ4n) is 2.98. The second-order valence-corrected chi connectivity index (χ2v) is 8.60. The summed E-state index contributed by atoms with van der Waals surface area (Å²) in [5.74, 6) is 1.26. The molecule has 0 bridgehead atoms. The average Bonchev–Trinajstić information content (AvgIpc) is 2.83. The van der Waals surface area contributed by atoms with Crippen LogP contribution in [0, 0.1) is 0 Å². The van der Waals surface area contributed by atoms with Crippen LogP contribution in [0.3, 0.4) is 0 Å². The highest BCUT2D eigenvalue weighted by Gasteiger charge is 2.10. The van der Waals surface area contributed by atoms with E-state index in [0.717, 1.165) is 16.3 Å². The first kappa shape index (κ1) is 25.1. The Balaban J connectivity index is 1.53. The number of hydrogen-bond donors (Lipinski definition) is 3. The van der Waals surface area contributed by atoms with Crippen LogP contribution in [-0.2, 0) is 4.79 Å². The number of anilines is 3. The molecule has 0 unspecified atom stereocenters. The Morgan fingerprint density at radius 3 is 2.29 bits per heavy atom. The van der Waals surface area contributed by atoms with Crippen molar-refractivity contribution >= 4 is 57.8 Å². The molecule has 1 amide bonds. The summed E-state index contributed by atoms with van der Waals surface area (Å²) in [6.07, 6.45) is 0. The Morgan fingerprint density at radius 1 is 0.882 bits per heavy atom. The van der Waals surface area contributed by atoms with Crippen LogP contribution < -0.4 is 25.4 Å². The fourth-order valence-corrected chi connectivity index (χ4v) is 3.97. The summed E-state index contributed by atoms with van der Waals surface area (Å²) >= 11 is 6.79. The van der Waals surface area contributed by atoms with E-state index in [0.29, 0.717) is 27.9 Å². The first-order chi connectivity index (χ1) is 16.4. The summed E-state index contributed by atoms with van der Waals surface area (Å²) < 4.78 is 10.5. The quantitative estimate of drug-likeness (QED) is 0.205. The third-order valence-corrected chi connectivity index (χ3v) is 5.89. The zero-order valence-electron chi connectivity index (χ0n) is 19.0. The van der Waals surface area contributed by atoms with Gasteiger partial charge in [-0.25, -0.2) is 0 Å². The number of amides is 1. The van der Waals surface area contributed by atoms with Crippen LogP contribution in [0.5, 0.6) is 11.5 Å². The molecule has 0 saturated carbocycles. The molecule has 3 aromatic rings. The fraction of sp³-hybridized carbons (Fsp3) is 0.160. The molecule has 9 heteroatoms. The second-order valence-electron chi connectivity index (χ2n) is 7.14. The normalized spacial score (nSPS) is 10.2. The minimum absolute atomic E-state index is 0.0124. The van der Waals surface area contributed by atoms with Gasteiger partial charge in [0.15, 0.2) is 10.9 Å². The number of methoxy groups -OCH3 is 2. The largest absolute Gasteiger partial charge is 0.497 e. The van der Waals surface area contributed by atoms with Gasteiger partial charge in [-0.3, -0.25) is 9.59 Å². The molecular weight excluding hydrogens is 470 g/mol. The number of thioether (sulfide) groups is 1. The van der Waals surface area contributed by atoms with Crippen LogP contribution in [0.4, 0.5) is 17.1 Å². The number of Topliss-reactive ketones (excluding diaryl/α,β-unsaturated/α-hetero) is 1. The van der Waals surface area contributed by atoms with E-state index in [1.165, 1.54) is 25.8 Å². The predicted octanol–water partition coefficient (Wildman–Crippen LogP) is 5.45. The van der Waals surface area contributed by atoms with Crippen LogP contribution in [0.2, 0.25) is 0 Å². The Morgan fingerprint density at radius 2 is 1.62 bits per heavy atom. The number of ketones is 1. The summed E-state index contributed by atoms with van der Waals surface area (Å²) in [4.78, 5) is 24.8. The molecule has 0 aliphatic carbocycles. The van der Waals surface area contributed by atoms with Gasteiger partial charge in [-0.1, -0.05) is 6.07 Å². The van der Waals surface area contributed by atoms with Crippen molar-refractivity contribution in [1.29, 1.82) is 0 Å². The lowest BCUT2D eigenvalue weighted by molar-refractivity contribution is -0.113. The smallest absolute Gasteiger partial charge is 0.234 e. The van der Waals surface area contributed by atoms with Crippen molar-refractivity contribution in [3.8, 4) is 11.5 Å². The van der Waals surface area contributed by atoms with Crippen molar-refractivity contribution in [1.82, 2.24) is 0 Å². The first-order valence-corrected chi connectivity index (χ1v) is 11.7. The third kappa shape index (κ3) is 7.23. The summed E-state index contributed by atoms with van der Waals surface area (Å²) in [5, 5.41) is 9.50. The predicted molar refractivity (Wildman–Crippen MR) is 142 cm³/mol. The standard InChI is InChI=1S/C25H25N3O4S2/c1-16(29)17-7-9-18(10-8-17)26-25(33)27-19-5-4-6-21(13-19)34-15-24(30)28-22-12-11-20(31-2)14-23(22)32-3/h4-14H,15H2,1-3H3,(H,28,30)(H2,26,27,33). The Bertz CT molecular complexity index is 1180. The Labute approximate surface area is 208 Å². The highest BCUT2D eigenvalue weighted by atomic mass is 32.2. The van der Waals surface area contributed by atoms with Crippen molar-refractivity contribution in [3.05, 3.63) is 72.3 Å². The van der Waals surface area contributed by atoms with E-state index in [1.54, 1.807) is 49.6 Å². The van der Waals surface area contributed by atoms with E-state index in [1.807, 2.05) is 24.3 Å². The van der Waals surface area contributed by atoms with E-state index < -0.39 is 0 Å². The molecule has 3 N–H and O–H groups in total.